The fraction of sp³-hybridized carbons (Fsp3) is 0.333. The van der Waals surface area contributed by atoms with Crippen molar-refractivity contribution in [3.63, 3.8) is 0 Å². The fourth-order valence-corrected chi connectivity index (χ4v) is 3.35. The number of hydrazine groups is 1. The van der Waals surface area contributed by atoms with E-state index in [1.807, 2.05) is 26.0 Å². The maximum Gasteiger partial charge on any atom is 0.279 e. The summed E-state index contributed by atoms with van der Waals surface area (Å²) in [6.07, 6.45) is 0.523. The number of benzene rings is 2. The minimum Gasteiger partial charge on any atom is -0.481 e. The summed E-state index contributed by atoms with van der Waals surface area (Å²) in [7, 11) is 0. The van der Waals surface area contributed by atoms with E-state index in [1.54, 1.807) is 42.2 Å². The summed E-state index contributed by atoms with van der Waals surface area (Å²) in [5, 5.41) is 2.49. The number of rotatable bonds is 7. The molecule has 9 nitrogen and oxygen atoms in total. The summed E-state index contributed by atoms with van der Waals surface area (Å²) in [4.78, 5) is 50.0. The van der Waals surface area contributed by atoms with Gasteiger partial charge in [0.2, 0.25) is 5.91 Å². The van der Waals surface area contributed by atoms with Crippen LogP contribution in [0.1, 0.15) is 41.3 Å². The predicted octanol–water partition coefficient (Wildman–Crippen LogP) is 1.77. The third-order valence-corrected chi connectivity index (χ3v) is 5.48. The summed E-state index contributed by atoms with van der Waals surface area (Å²) < 4.78 is 5.67. The highest BCUT2D eigenvalue weighted by Gasteiger charge is 2.22. The monoisotopic (exact) mass is 452 g/mol. The van der Waals surface area contributed by atoms with Crippen molar-refractivity contribution >= 4 is 29.3 Å². The molecule has 1 saturated heterocycles. The van der Waals surface area contributed by atoms with Crippen LogP contribution in [-0.4, -0.2) is 42.8 Å². The molecular formula is C24H28N4O5. The first kappa shape index (κ1) is 23.8. The molecular weight excluding hydrogens is 424 g/mol. The zero-order chi connectivity index (χ0) is 24.0. The first-order valence-corrected chi connectivity index (χ1v) is 10.8. The van der Waals surface area contributed by atoms with Gasteiger partial charge in [-0.05, 0) is 68.7 Å². The van der Waals surface area contributed by atoms with Crippen LogP contribution in [0.5, 0.6) is 5.75 Å². The van der Waals surface area contributed by atoms with E-state index in [0.717, 1.165) is 23.2 Å². The van der Waals surface area contributed by atoms with Crippen molar-refractivity contribution in [2.75, 3.05) is 18.0 Å². The fourth-order valence-electron chi connectivity index (χ4n) is 3.35. The SMILES string of the molecule is Cc1cccc(OC(C)C(=O)NNC(=O)CNC(=O)c2ccc(N3CCCC3=O)cc2)c1C. The van der Waals surface area contributed by atoms with Crippen LogP contribution < -0.4 is 25.8 Å². The van der Waals surface area contributed by atoms with E-state index in [4.69, 9.17) is 4.74 Å². The van der Waals surface area contributed by atoms with Crippen LogP contribution in [0.25, 0.3) is 0 Å². The lowest BCUT2D eigenvalue weighted by atomic mass is 10.1. The molecule has 0 radical (unpaired) electrons. The van der Waals surface area contributed by atoms with E-state index in [9.17, 15) is 19.2 Å². The molecule has 0 aromatic heterocycles. The minimum atomic E-state index is -0.832. The number of nitrogens with one attached hydrogen (secondary N) is 3. The van der Waals surface area contributed by atoms with Crippen molar-refractivity contribution < 1.29 is 23.9 Å². The molecule has 9 heteroatoms. The van der Waals surface area contributed by atoms with Crippen molar-refractivity contribution in [2.24, 2.45) is 0 Å². The molecule has 3 rings (SSSR count). The molecule has 33 heavy (non-hydrogen) atoms. The number of hydrogen-bond acceptors (Lipinski definition) is 5. The highest BCUT2D eigenvalue weighted by atomic mass is 16.5. The smallest absolute Gasteiger partial charge is 0.279 e. The maximum absolute atomic E-state index is 12.3. The van der Waals surface area contributed by atoms with E-state index in [2.05, 4.69) is 16.2 Å². The second-order valence-electron chi connectivity index (χ2n) is 7.87. The maximum atomic E-state index is 12.3. The van der Waals surface area contributed by atoms with Gasteiger partial charge in [0, 0.05) is 24.2 Å². The molecule has 0 saturated carbocycles. The first-order valence-electron chi connectivity index (χ1n) is 10.8. The topological polar surface area (TPSA) is 117 Å². The second-order valence-corrected chi connectivity index (χ2v) is 7.87. The van der Waals surface area contributed by atoms with E-state index >= 15 is 0 Å². The van der Waals surface area contributed by atoms with E-state index in [-0.39, 0.29) is 12.5 Å². The second kappa shape index (κ2) is 10.6. The van der Waals surface area contributed by atoms with Crippen LogP contribution in [0.4, 0.5) is 5.69 Å². The van der Waals surface area contributed by atoms with Crippen molar-refractivity contribution in [2.45, 2.75) is 39.7 Å². The number of hydrogen-bond donors (Lipinski definition) is 3. The van der Waals surface area contributed by atoms with Gasteiger partial charge in [0.25, 0.3) is 17.7 Å². The normalized spacial score (nSPS) is 13.9. The molecule has 0 bridgehead atoms. The molecule has 1 aliphatic heterocycles. The van der Waals surface area contributed by atoms with Gasteiger partial charge in [-0.3, -0.25) is 30.0 Å². The van der Waals surface area contributed by atoms with Gasteiger partial charge in [-0.25, -0.2) is 0 Å². The zero-order valence-corrected chi connectivity index (χ0v) is 18.9. The van der Waals surface area contributed by atoms with Gasteiger partial charge in [-0.15, -0.1) is 0 Å². The molecule has 0 aliphatic carbocycles. The highest BCUT2D eigenvalue weighted by molar-refractivity contribution is 5.98. The van der Waals surface area contributed by atoms with E-state index < -0.39 is 23.8 Å². The van der Waals surface area contributed by atoms with Crippen LogP contribution in [0.2, 0.25) is 0 Å². The molecule has 2 aromatic carbocycles. The Labute approximate surface area is 192 Å². The molecule has 4 amide bonds. The summed E-state index contributed by atoms with van der Waals surface area (Å²) in [5.74, 6) is -0.893. The number of carbonyl (C=O) groups is 4. The van der Waals surface area contributed by atoms with Gasteiger partial charge >= 0.3 is 0 Å². The van der Waals surface area contributed by atoms with Crippen LogP contribution in [0, 0.1) is 13.8 Å². The summed E-state index contributed by atoms with van der Waals surface area (Å²) in [5.41, 5.74) is 7.63. The lowest BCUT2D eigenvalue weighted by Crippen LogP contribution is -2.50. The minimum absolute atomic E-state index is 0.0691. The molecule has 1 unspecified atom stereocenters. The summed E-state index contributed by atoms with van der Waals surface area (Å²) in [6.45, 7) is 5.77. The number of amides is 4. The quantitative estimate of drug-likeness (QED) is 0.554. The number of nitrogens with zero attached hydrogens (tertiary/aromatic N) is 1. The van der Waals surface area contributed by atoms with Crippen molar-refractivity contribution in [3.05, 3.63) is 59.2 Å². The molecule has 174 valence electrons. The van der Waals surface area contributed by atoms with Crippen molar-refractivity contribution in [1.29, 1.82) is 0 Å². The number of ether oxygens (including phenoxy) is 1. The van der Waals surface area contributed by atoms with Crippen molar-refractivity contribution in [3.8, 4) is 5.75 Å². The number of carbonyl (C=O) groups excluding carboxylic acids is 4. The van der Waals surface area contributed by atoms with Gasteiger partial charge in [0.05, 0.1) is 6.54 Å². The van der Waals surface area contributed by atoms with Gasteiger partial charge in [-0.1, -0.05) is 12.1 Å². The van der Waals surface area contributed by atoms with Gasteiger partial charge < -0.3 is 15.0 Å². The highest BCUT2D eigenvalue weighted by Crippen LogP contribution is 2.22. The Morgan fingerprint density at radius 2 is 1.79 bits per heavy atom. The van der Waals surface area contributed by atoms with Crippen LogP contribution in [-0.2, 0) is 14.4 Å². The van der Waals surface area contributed by atoms with Crippen molar-refractivity contribution in [1.82, 2.24) is 16.2 Å². The third kappa shape index (κ3) is 6.09. The van der Waals surface area contributed by atoms with Gasteiger partial charge in [0.1, 0.15) is 5.75 Å². The summed E-state index contributed by atoms with van der Waals surface area (Å²) >= 11 is 0. The Bertz CT molecular complexity index is 1050. The Kier molecular flexibility index (Phi) is 7.66. The van der Waals surface area contributed by atoms with Gasteiger partial charge in [0.15, 0.2) is 6.10 Å². The summed E-state index contributed by atoms with van der Waals surface area (Å²) in [6, 6.07) is 12.2. The third-order valence-electron chi connectivity index (χ3n) is 5.48. The van der Waals surface area contributed by atoms with Gasteiger partial charge in [-0.2, -0.15) is 0 Å². The molecule has 1 atom stereocenters. The average Bonchev–Trinajstić information content (AvgIpc) is 3.24. The standard InChI is InChI=1S/C24H28N4O5/c1-15-6-4-7-20(16(15)2)33-17(3)23(31)27-26-21(29)14-25-24(32)18-9-11-19(12-10-18)28-13-5-8-22(28)30/h4,6-7,9-12,17H,5,8,13-14H2,1-3H3,(H,25,32)(H,26,29)(H,27,31). The molecule has 0 spiro atoms. The van der Waals surface area contributed by atoms with Crippen LogP contribution in [0.3, 0.4) is 0 Å². The largest absolute Gasteiger partial charge is 0.481 e. The first-order chi connectivity index (χ1) is 15.8. The lowest BCUT2D eigenvalue weighted by molar-refractivity contribution is -0.132. The number of anilines is 1. The zero-order valence-electron chi connectivity index (χ0n) is 18.9. The predicted molar refractivity (Wildman–Crippen MR) is 123 cm³/mol. The Hall–Kier alpha value is -3.88. The molecule has 1 aliphatic rings. The van der Waals surface area contributed by atoms with Crippen LogP contribution in [0.15, 0.2) is 42.5 Å². The Balaban J connectivity index is 1.42. The van der Waals surface area contributed by atoms with E-state index in [1.165, 1.54) is 0 Å². The molecule has 1 heterocycles. The van der Waals surface area contributed by atoms with Crippen LogP contribution >= 0.6 is 0 Å². The average molecular weight is 453 g/mol. The van der Waals surface area contributed by atoms with E-state index in [0.29, 0.717) is 24.3 Å². The number of aryl methyl sites for hydroxylation is 1. The molecule has 3 N–H and O–H groups in total. The molecule has 1 fully saturated rings. The Morgan fingerprint density at radius 1 is 1.06 bits per heavy atom. The Morgan fingerprint density at radius 3 is 2.45 bits per heavy atom. The lowest BCUT2D eigenvalue weighted by Gasteiger charge is -2.17. The molecule has 2 aromatic rings.